The summed E-state index contributed by atoms with van der Waals surface area (Å²) in [6.07, 6.45) is 0. The number of benzene rings is 3. The van der Waals surface area contributed by atoms with E-state index in [1.807, 2.05) is 0 Å². The molecule has 0 spiro atoms. The highest BCUT2D eigenvalue weighted by atomic mass is 32.1. The van der Waals surface area contributed by atoms with Gasteiger partial charge in [-0.25, -0.2) is 0 Å². The van der Waals surface area contributed by atoms with Gasteiger partial charge in [-0.3, -0.25) is 0 Å². The van der Waals surface area contributed by atoms with Gasteiger partial charge in [-0.1, -0.05) is 58.0 Å². The molecule has 188 valence electrons. The lowest BCUT2D eigenvalue weighted by Gasteiger charge is -2.35. The van der Waals surface area contributed by atoms with Crippen molar-refractivity contribution in [2.75, 3.05) is 0 Å². The lowest BCUT2D eigenvalue weighted by Crippen LogP contribution is -2.41. The molecule has 0 atom stereocenters. The maximum absolute atomic E-state index is 6.37. The number of rotatable bonds is 2. The molecule has 4 aromatic rings. The van der Waals surface area contributed by atoms with E-state index in [2.05, 4.69) is 111 Å². The summed E-state index contributed by atoms with van der Waals surface area (Å²) in [6, 6.07) is 18.7. The molecule has 0 bridgehead atoms. The summed E-state index contributed by atoms with van der Waals surface area (Å²) >= 11 is 1.80. The summed E-state index contributed by atoms with van der Waals surface area (Å²) in [6.45, 7) is 20.4. The van der Waals surface area contributed by atoms with E-state index in [0.29, 0.717) is 0 Å². The van der Waals surface area contributed by atoms with Crippen molar-refractivity contribution in [3.05, 3.63) is 76.3 Å². The highest BCUT2D eigenvalue weighted by molar-refractivity contribution is 7.25. The standard InChI is InChI=1S/C33H35BO2S/c1-18-15-22-29-27-20(18)11-10-12-21(27)30(2,3)23-16-19(17-24(28(23)29)31(22,4)5)25-13-14-26(37-25)34-35-32(6,7)33(8,9)36-34/h10-17H,1-9H3. The van der Waals surface area contributed by atoms with Gasteiger partial charge in [-0.05, 0) is 108 Å². The van der Waals surface area contributed by atoms with Crippen LogP contribution in [0.15, 0.2) is 48.5 Å². The second-order valence-electron chi connectivity index (χ2n) is 13.3. The fourth-order valence-corrected chi connectivity index (χ4v) is 7.80. The van der Waals surface area contributed by atoms with E-state index in [1.54, 1.807) is 11.3 Å². The first-order chi connectivity index (χ1) is 17.2. The van der Waals surface area contributed by atoms with Gasteiger partial charge >= 0.3 is 7.12 Å². The first-order valence-electron chi connectivity index (χ1n) is 13.5. The molecule has 2 nitrogen and oxygen atoms in total. The fourth-order valence-electron chi connectivity index (χ4n) is 6.85. The van der Waals surface area contributed by atoms with Gasteiger partial charge in [-0.2, -0.15) is 0 Å². The predicted octanol–water partition coefficient (Wildman–Crippen LogP) is 8.12. The topological polar surface area (TPSA) is 18.5 Å². The molecule has 4 heteroatoms. The number of aryl methyl sites for hydroxylation is 1. The van der Waals surface area contributed by atoms with Crippen molar-refractivity contribution >= 4 is 34.0 Å². The van der Waals surface area contributed by atoms with Crippen molar-refractivity contribution in [1.29, 1.82) is 0 Å². The summed E-state index contributed by atoms with van der Waals surface area (Å²) in [5, 5.41) is 2.86. The molecular weight excluding hydrogens is 471 g/mol. The summed E-state index contributed by atoms with van der Waals surface area (Å²) < 4.78 is 13.9. The van der Waals surface area contributed by atoms with Crippen molar-refractivity contribution in [2.24, 2.45) is 0 Å². The Bertz CT molecular complexity index is 1640. The van der Waals surface area contributed by atoms with Crippen LogP contribution in [0, 0.1) is 6.92 Å². The molecule has 0 N–H and O–H groups in total. The second-order valence-corrected chi connectivity index (χ2v) is 14.4. The van der Waals surface area contributed by atoms with Gasteiger partial charge in [-0.15, -0.1) is 11.3 Å². The van der Waals surface area contributed by atoms with E-state index in [1.165, 1.54) is 60.2 Å². The SMILES string of the molecule is Cc1cc2c3c4c(cccc14)C(C)(C)c1cc(-c4ccc(B5OC(C)(C)C(C)(C)O5)s4)cc(c1-3)C2(C)C. The predicted molar refractivity (Wildman–Crippen MR) is 157 cm³/mol. The zero-order chi connectivity index (χ0) is 26.3. The van der Waals surface area contributed by atoms with Gasteiger partial charge in [0.2, 0.25) is 0 Å². The van der Waals surface area contributed by atoms with Crippen LogP contribution in [0.25, 0.3) is 32.3 Å². The van der Waals surface area contributed by atoms with Gasteiger partial charge in [0.15, 0.2) is 0 Å². The van der Waals surface area contributed by atoms with Crippen LogP contribution in [0.4, 0.5) is 0 Å². The van der Waals surface area contributed by atoms with E-state index in [4.69, 9.17) is 9.31 Å². The van der Waals surface area contributed by atoms with Crippen molar-refractivity contribution < 1.29 is 9.31 Å². The third-order valence-corrected chi connectivity index (χ3v) is 11.0. The molecule has 1 saturated heterocycles. The van der Waals surface area contributed by atoms with Crippen LogP contribution in [0.1, 0.15) is 83.2 Å². The van der Waals surface area contributed by atoms with Crippen molar-refractivity contribution in [1.82, 2.24) is 0 Å². The quantitative estimate of drug-likeness (QED) is 0.256. The normalized spacial score (nSPS) is 21.2. The number of hydrogen-bond donors (Lipinski definition) is 0. The second kappa shape index (κ2) is 6.97. The van der Waals surface area contributed by atoms with Crippen LogP contribution < -0.4 is 4.78 Å². The highest BCUT2D eigenvalue weighted by Crippen LogP contribution is 2.60. The van der Waals surface area contributed by atoms with E-state index in [9.17, 15) is 0 Å². The molecule has 1 aliphatic heterocycles. The zero-order valence-corrected chi connectivity index (χ0v) is 24.2. The molecule has 2 heterocycles. The third kappa shape index (κ3) is 2.90. The average molecular weight is 507 g/mol. The van der Waals surface area contributed by atoms with Crippen LogP contribution in [0.5, 0.6) is 0 Å². The molecule has 0 unspecified atom stereocenters. The maximum Gasteiger partial charge on any atom is 0.505 e. The molecule has 0 saturated carbocycles. The summed E-state index contributed by atoms with van der Waals surface area (Å²) in [4.78, 5) is 1.27. The summed E-state index contributed by atoms with van der Waals surface area (Å²) in [5.74, 6) is 0. The van der Waals surface area contributed by atoms with Gasteiger partial charge in [0.05, 0.1) is 11.2 Å². The Kier molecular flexibility index (Phi) is 4.46. The fraction of sp³-hybridized carbons (Fsp3) is 0.394. The van der Waals surface area contributed by atoms with Crippen LogP contribution in [0.3, 0.4) is 0 Å². The Labute approximate surface area is 225 Å². The third-order valence-electron chi connectivity index (χ3n) is 9.85. The maximum atomic E-state index is 6.37. The minimum Gasteiger partial charge on any atom is -0.399 e. The molecular formula is C33H35BO2S. The van der Waals surface area contributed by atoms with E-state index in [-0.39, 0.29) is 29.2 Å². The summed E-state index contributed by atoms with van der Waals surface area (Å²) in [7, 11) is -0.322. The average Bonchev–Trinajstić information content (AvgIpc) is 3.45. The minimum atomic E-state index is -0.337. The molecule has 7 rings (SSSR count). The van der Waals surface area contributed by atoms with Crippen molar-refractivity contribution in [3.63, 3.8) is 0 Å². The summed E-state index contributed by atoms with van der Waals surface area (Å²) in [5.41, 5.74) is 10.6. The van der Waals surface area contributed by atoms with E-state index < -0.39 is 0 Å². The van der Waals surface area contributed by atoms with Gasteiger partial charge in [0.25, 0.3) is 0 Å². The number of thiophene rings is 1. The molecule has 3 aromatic carbocycles. The first-order valence-corrected chi connectivity index (χ1v) is 14.3. The van der Waals surface area contributed by atoms with Crippen LogP contribution >= 0.6 is 11.3 Å². The van der Waals surface area contributed by atoms with E-state index in [0.717, 1.165) is 4.78 Å². The smallest absolute Gasteiger partial charge is 0.399 e. The van der Waals surface area contributed by atoms with Crippen LogP contribution in [-0.4, -0.2) is 18.3 Å². The molecule has 0 amide bonds. The Balaban J connectivity index is 1.43. The first kappa shape index (κ1) is 23.7. The Morgan fingerprint density at radius 2 is 1.27 bits per heavy atom. The zero-order valence-electron chi connectivity index (χ0n) is 23.4. The molecule has 1 fully saturated rings. The highest BCUT2D eigenvalue weighted by Gasteiger charge is 2.52. The van der Waals surface area contributed by atoms with Crippen molar-refractivity contribution in [3.8, 4) is 21.6 Å². The molecule has 2 aliphatic carbocycles. The molecule has 3 aliphatic rings. The number of hydrogen-bond acceptors (Lipinski definition) is 3. The Morgan fingerprint density at radius 1 is 0.676 bits per heavy atom. The molecule has 1 aromatic heterocycles. The Hall–Kier alpha value is -2.40. The van der Waals surface area contributed by atoms with Crippen LogP contribution in [-0.2, 0) is 20.1 Å². The van der Waals surface area contributed by atoms with Gasteiger partial charge in [0.1, 0.15) is 0 Å². The van der Waals surface area contributed by atoms with E-state index >= 15 is 0 Å². The van der Waals surface area contributed by atoms with Gasteiger partial charge in [0, 0.05) is 20.5 Å². The monoisotopic (exact) mass is 506 g/mol. The largest absolute Gasteiger partial charge is 0.505 e. The lowest BCUT2D eigenvalue weighted by atomic mass is 9.68. The Morgan fingerprint density at radius 3 is 1.92 bits per heavy atom. The van der Waals surface area contributed by atoms with Crippen LogP contribution in [0.2, 0.25) is 0 Å². The molecule has 0 radical (unpaired) electrons. The van der Waals surface area contributed by atoms with Gasteiger partial charge < -0.3 is 9.31 Å². The molecule has 37 heavy (non-hydrogen) atoms. The van der Waals surface area contributed by atoms with Crippen molar-refractivity contribution in [2.45, 2.75) is 84.3 Å². The minimum absolute atomic E-state index is 0.0479. The lowest BCUT2D eigenvalue weighted by molar-refractivity contribution is 0.00578.